The van der Waals surface area contributed by atoms with Crippen LogP contribution in [0.25, 0.3) is 6.08 Å². The van der Waals surface area contributed by atoms with Gasteiger partial charge in [-0.2, -0.15) is 0 Å². The van der Waals surface area contributed by atoms with Crippen molar-refractivity contribution in [3.8, 4) is 5.75 Å². The Bertz CT molecular complexity index is 946. The van der Waals surface area contributed by atoms with Crippen LogP contribution in [0.2, 0.25) is 10.0 Å². The van der Waals surface area contributed by atoms with Crippen molar-refractivity contribution in [2.75, 3.05) is 0 Å². The van der Waals surface area contributed by atoms with E-state index >= 15 is 0 Å². The monoisotopic (exact) mass is 468 g/mol. The summed E-state index contributed by atoms with van der Waals surface area (Å²) in [7, 11) is 0. The topological polar surface area (TPSA) is 84.5 Å². The van der Waals surface area contributed by atoms with Crippen LogP contribution in [0, 0.1) is 0 Å². The Kier molecular flexibility index (Phi) is 5.84. The molecule has 1 heterocycles. The number of carbonyl (C=O) groups excluding carboxylic acids is 3. The molecule has 4 amide bonds. The van der Waals surface area contributed by atoms with Gasteiger partial charge in [-0.3, -0.25) is 20.2 Å². The fraction of sp³-hybridized carbons (Fsp3) is 0.0556. The smallest absolute Gasteiger partial charge is 0.328 e. The lowest BCUT2D eigenvalue weighted by molar-refractivity contribution is -0.123. The lowest BCUT2D eigenvalue weighted by Crippen LogP contribution is -2.51. The normalized spacial score (nSPS) is 13.9. The predicted octanol–water partition coefficient (Wildman–Crippen LogP) is 4.08. The average molecular weight is 470 g/mol. The largest absolute Gasteiger partial charge is 0.486 e. The molecule has 0 atom stereocenters. The Morgan fingerprint density at radius 2 is 1.67 bits per heavy atom. The van der Waals surface area contributed by atoms with Crippen molar-refractivity contribution in [3.05, 3.63) is 67.6 Å². The molecule has 0 radical (unpaired) electrons. The number of carbonyl (C=O) groups is 3. The van der Waals surface area contributed by atoms with Crippen LogP contribution < -0.4 is 15.4 Å². The first-order chi connectivity index (χ1) is 12.8. The maximum absolute atomic E-state index is 11.8. The second-order valence-corrected chi connectivity index (χ2v) is 7.16. The van der Waals surface area contributed by atoms with Gasteiger partial charge in [0.05, 0.1) is 9.50 Å². The third-order valence-corrected chi connectivity index (χ3v) is 4.84. The fourth-order valence-electron chi connectivity index (χ4n) is 2.34. The maximum atomic E-state index is 11.8. The number of hydrogen-bond donors (Lipinski definition) is 2. The summed E-state index contributed by atoms with van der Waals surface area (Å²) in [6, 6.07) is 9.59. The Labute approximate surface area is 172 Å². The Morgan fingerprint density at radius 1 is 1.00 bits per heavy atom. The zero-order valence-electron chi connectivity index (χ0n) is 13.5. The van der Waals surface area contributed by atoms with Crippen LogP contribution in [0.1, 0.15) is 11.1 Å². The number of hydrogen-bond acceptors (Lipinski definition) is 4. The second-order valence-electron chi connectivity index (χ2n) is 5.49. The van der Waals surface area contributed by atoms with Crippen LogP contribution >= 0.6 is 39.1 Å². The van der Waals surface area contributed by atoms with Crippen LogP contribution in [0.4, 0.5) is 4.79 Å². The minimum absolute atomic E-state index is 0.206. The van der Waals surface area contributed by atoms with Crippen LogP contribution in [0.15, 0.2) is 46.4 Å². The zero-order chi connectivity index (χ0) is 19.6. The van der Waals surface area contributed by atoms with Gasteiger partial charge >= 0.3 is 6.03 Å². The molecule has 2 N–H and O–H groups in total. The summed E-state index contributed by atoms with van der Waals surface area (Å²) in [5, 5.41) is 4.86. The fourth-order valence-corrected chi connectivity index (χ4v) is 3.52. The molecule has 0 aliphatic carbocycles. The SMILES string of the molecule is O=C1NC(=O)C(=Cc2cc(Cl)c(OCc3ccccc3Cl)c(Br)c2)C(=O)N1. The van der Waals surface area contributed by atoms with Crippen LogP contribution in [0.5, 0.6) is 5.75 Å². The predicted molar refractivity (Wildman–Crippen MR) is 105 cm³/mol. The summed E-state index contributed by atoms with van der Waals surface area (Å²) in [6.07, 6.45) is 1.32. The van der Waals surface area contributed by atoms with E-state index in [4.69, 9.17) is 27.9 Å². The van der Waals surface area contributed by atoms with Crippen molar-refractivity contribution in [2.45, 2.75) is 6.61 Å². The first-order valence-electron chi connectivity index (χ1n) is 7.59. The number of amides is 4. The highest BCUT2D eigenvalue weighted by Crippen LogP contribution is 2.36. The molecule has 0 spiro atoms. The van der Waals surface area contributed by atoms with Crippen molar-refractivity contribution in [2.24, 2.45) is 0 Å². The highest BCUT2D eigenvalue weighted by molar-refractivity contribution is 9.10. The molecule has 0 unspecified atom stereocenters. The minimum Gasteiger partial charge on any atom is -0.486 e. The van der Waals surface area contributed by atoms with E-state index in [1.165, 1.54) is 12.1 Å². The molecule has 1 aliphatic heterocycles. The number of benzene rings is 2. The number of imide groups is 2. The van der Waals surface area contributed by atoms with Crippen LogP contribution in [-0.4, -0.2) is 17.8 Å². The molecular weight excluding hydrogens is 459 g/mol. The number of halogens is 3. The summed E-state index contributed by atoms with van der Waals surface area (Å²) in [6.45, 7) is 0.214. The van der Waals surface area contributed by atoms with E-state index in [0.29, 0.717) is 20.8 Å². The van der Waals surface area contributed by atoms with Gasteiger partial charge in [-0.25, -0.2) is 4.79 Å². The summed E-state index contributed by atoms with van der Waals surface area (Å²) in [4.78, 5) is 34.7. The minimum atomic E-state index is -0.857. The Balaban J connectivity index is 1.84. The van der Waals surface area contributed by atoms with Crippen molar-refractivity contribution in [3.63, 3.8) is 0 Å². The van der Waals surface area contributed by atoms with Crippen molar-refractivity contribution < 1.29 is 19.1 Å². The lowest BCUT2D eigenvalue weighted by atomic mass is 10.1. The third-order valence-electron chi connectivity index (χ3n) is 3.60. The van der Waals surface area contributed by atoms with Gasteiger partial charge in [-0.05, 0) is 45.8 Å². The Hall–Kier alpha value is -2.35. The molecule has 1 saturated heterocycles. The number of ether oxygens (including phenoxy) is 1. The van der Waals surface area contributed by atoms with Gasteiger partial charge in [0.2, 0.25) is 0 Å². The van der Waals surface area contributed by atoms with Crippen LogP contribution in [-0.2, 0) is 16.2 Å². The first kappa shape index (κ1) is 19.4. The summed E-state index contributed by atoms with van der Waals surface area (Å²) in [5.74, 6) is -1.17. The molecule has 0 saturated carbocycles. The van der Waals surface area contributed by atoms with E-state index in [9.17, 15) is 14.4 Å². The van der Waals surface area contributed by atoms with Crippen molar-refractivity contribution >= 4 is 63.1 Å². The van der Waals surface area contributed by atoms with Gasteiger partial charge in [0, 0.05) is 10.6 Å². The molecule has 1 aliphatic rings. The van der Waals surface area contributed by atoms with Gasteiger partial charge in [0.15, 0.2) is 5.75 Å². The van der Waals surface area contributed by atoms with E-state index in [1.54, 1.807) is 12.1 Å². The number of urea groups is 1. The number of rotatable bonds is 4. The van der Waals surface area contributed by atoms with Gasteiger partial charge in [-0.1, -0.05) is 41.4 Å². The lowest BCUT2D eigenvalue weighted by Gasteiger charge is -2.15. The van der Waals surface area contributed by atoms with E-state index in [2.05, 4.69) is 15.9 Å². The molecule has 27 heavy (non-hydrogen) atoms. The molecule has 1 fully saturated rings. The Morgan fingerprint density at radius 3 is 2.30 bits per heavy atom. The summed E-state index contributed by atoms with van der Waals surface area (Å²) < 4.78 is 6.28. The van der Waals surface area contributed by atoms with Crippen LogP contribution in [0.3, 0.4) is 0 Å². The van der Waals surface area contributed by atoms with E-state index in [1.807, 2.05) is 28.8 Å². The van der Waals surface area contributed by atoms with E-state index in [0.717, 1.165) is 5.56 Å². The van der Waals surface area contributed by atoms with Gasteiger partial charge < -0.3 is 4.74 Å². The van der Waals surface area contributed by atoms with Gasteiger partial charge in [0.1, 0.15) is 12.2 Å². The van der Waals surface area contributed by atoms with Gasteiger partial charge in [0.25, 0.3) is 11.8 Å². The molecule has 3 rings (SSSR count). The molecule has 2 aromatic carbocycles. The maximum Gasteiger partial charge on any atom is 0.328 e. The highest BCUT2D eigenvalue weighted by atomic mass is 79.9. The summed E-state index contributed by atoms with van der Waals surface area (Å²) >= 11 is 15.8. The van der Waals surface area contributed by atoms with Crippen molar-refractivity contribution in [1.29, 1.82) is 0 Å². The highest BCUT2D eigenvalue weighted by Gasteiger charge is 2.27. The molecule has 2 aromatic rings. The van der Waals surface area contributed by atoms with E-state index in [-0.39, 0.29) is 17.2 Å². The number of barbiturate groups is 1. The number of nitrogens with one attached hydrogen (secondary N) is 2. The molecule has 6 nitrogen and oxygen atoms in total. The third kappa shape index (κ3) is 4.50. The molecule has 138 valence electrons. The second kappa shape index (κ2) is 8.12. The molecule has 0 bridgehead atoms. The van der Waals surface area contributed by atoms with Gasteiger partial charge in [-0.15, -0.1) is 0 Å². The molecular formula is C18H11BrCl2N2O4. The van der Waals surface area contributed by atoms with Crippen molar-refractivity contribution in [1.82, 2.24) is 10.6 Å². The zero-order valence-corrected chi connectivity index (χ0v) is 16.6. The molecule has 9 heteroatoms. The quantitative estimate of drug-likeness (QED) is 0.521. The summed E-state index contributed by atoms with van der Waals surface area (Å²) in [5.41, 5.74) is 1.07. The average Bonchev–Trinajstić information content (AvgIpc) is 2.59. The molecule has 0 aromatic heterocycles. The standard InChI is InChI=1S/C18H11BrCl2N2O4/c19-12-6-9(5-11-16(24)22-18(26)23-17(11)25)7-14(21)15(12)27-8-10-3-1-2-4-13(10)20/h1-7H,8H2,(H2,22,23,24,25,26). The van der Waals surface area contributed by atoms with E-state index < -0.39 is 17.8 Å². The first-order valence-corrected chi connectivity index (χ1v) is 9.13.